The van der Waals surface area contributed by atoms with Crippen molar-refractivity contribution in [2.45, 2.75) is 37.7 Å². The number of benzene rings is 1. The minimum absolute atomic E-state index is 0.171. The fourth-order valence-corrected chi connectivity index (χ4v) is 2.98. The zero-order valence-electron chi connectivity index (χ0n) is 11.8. The molecule has 0 fully saturated rings. The molecule has 0 aliphatic carbocycles. The maximum atomic E-state index is 13.6. The van der Waals surface area contributed by atoms with Crippen LogP contribution in [-0.2, 0) is 0 Å². The zero-order valence-corrected chi connectivity index (χ0v) is 12.6. The SMILES string of the molecule is CC(=O)c1cc(F)c(C)cc1Sc1nc(C)cc(C)n1. The Morgan fingerprint density at radius 2 is 1.70 bits per heavy atom. The lowest BCUT2D eigenvalue weighted by Crippen LogP contribution is -2.00. The first-order valence-electron chi connectivity index (χ1n) is 6.18. The second kappa shape index (κ2) is 5.71. The quantitative estimate of drug-likeness (QED) is 0.635. The van der Waals surface area contributed by atoms with E-state index in [0.29, 0.717) is 21.2 Å². The van der Waals surface area contributed by atoms with Crippen LogP contribution < -0.4 is 0 Å². The molecule has 0 unspecified atom stereocenters. The number of halogens is 1. The molecule has 0 atom stereocenters. The summed E-state index contributed by atoms with van der Waals surface area (Å²) in [5.74, 6) is -0.545. The lowest BCUT2D eigenvalue weighted by Gasteiger charge is -2.09. The van der Waals surface area contributed by atoms with E-state index in [4.69, 9.17) is 0 Å². The molecule has 0 saturated carbocycles. The lowest BCUT2D eigenvalue weighted by atomic mass is 10.1. The molecule has 2 aromatic rings. The normalized spacial score (nSPS) is 10.7. The third kappa shape index (κ3) is 3.22. The molecule has 0 bridgehead atoms. The lowest BCUT2D eigenvalue weighted by molar-refractivity contribution is 0.101. The molecule has 104 valence electrons. The molecule has 1 aromatic carbocycles. The molecule has 3 nitrogen and oxygen atoms in total. The predicted octanol–water partition coefficient (Wildman–Crippen LogP) is 3.89. The topological polar surface area (TPSA) is 42.9 Å². The van der Waals surface area contributed by atoms with Gasteiger partial charge in [0.05, 0.1) is 0 Å². The van der Waals surface area contributed by atoms with Crippen molar-refractivity contribution in [3.8, 4) is 0 Å². The van der Waals surface area contributed by atoms with Crippen molar-refractivity contribution in [1.29, 1.82) is 0 Å². The van der Waals surface area contributed by atoms with E-state index >= 15 is 0 Å². The summed E-state index contributed by atoms with van der Waals surface area (Å²) in [5, 5.41) is 0.566. The Hall–Kier alpha value is -1.75. The first-order valence-corrected chi connectivity index (χ1v) is 6.99. The van der Waals surface area contributed by atoms with Crippen molar-refractivity contribution >= 4 is 17.5 Å². The van der Waals surface area contributed by atoms with Gasteiger partial charge < -0.3 is 0 Å². The van der Waals surface area contributed by atoms with Gasteiger partial charge in [-0.2, -0.15) is 0 Å². The van der Waals surface area contributed by atoms with Gasteiger partial charge in [-0.05, 0) is 63.2 Å². The molecule has 1 aromatic heterocycles. The first kappa shape index (κ1) is 14.7. The number of hydrogen-bond acceptors (Lipinski definition) is 4. The van der Waals surface area contributed by atoms with E-state index in [9.17, 15) is 9.18 Å². The molecular formula is C15H15FN2OS. The van der Waals surface area contributed by atoms with Gasteiger partial charge in [-0.25, -0.2) is 14.4 Å². The van der Waals surface area contributed by atoms with Gasteiger partial charge in [0.2, 0.25) is 0 Å². The number of ketones is 1. The minimum Gasteiger partial charge on any atom is -0.294 e. The zero-order chi connectivity index (χ0) is 14.9. The van der Waals surface area contributed by atoms with E-state index in [1.54, 1.807) is 13.0 Å². The van der Waals surface area contributed by atoms with E-state index in [1.165, 1.54) is 24.8 Å². The monoisotopic (exact) mass is 290 g/mol. The maximum Gasteiger partial charge on any atom is 0.192 e. The molecule has 20 heavy (non-hydrogen) atoms. The molecule has 0 saturated heterocycles. The van der Waals surface area contributed by atoms with E-state index in [0.717, 1.165) is 11.4 Å². The second-order valence-electron chi connectivity index (χ2n) is 4.69. The van der Waals surface area contributed by atoms with Crippen LogP contribution in [0.4, 0.5) is 4.39 Å². The summed E-state index contributed by atoms with van der Waals surface area (Å²) in [4.78, 5) is 21.0. The Morgan fingerprint density at radius 1 is 1.10 bits per heavy atom. The molecule has 0 aliphatic rings. The summed E-state index contributed by atoms with van der Waals surface area (Å²) >= 11 is 1.28. The maximum absolute atomic E-state index is 13.6. The summed E-state index contributed by atoms with van der Waals surface area (Å²) in [5.41, 5.74) is 2.59. The standard InChI is InChI=1S/C15H15FN2OS/c1-8-5-14(12(11(4)19)7-13(8)16)20-15-17-9(2)6-10(3)18-15/h5-7H,1-4H3. The number of nitrogens with zero attached hydrogens (tertiary/aromatic N) is 2. The van der Waals surface area contributed by atoms with Crippen molar-refractivity contribution in [1.82, 2.24) is 9.97 Å². The van der Waals surface area contributed by atoms with Crippen LogP contribution in [0.15, 0.2) is 28.3 Å². The van der Waals surface area contributed by atoms with Gasteiger partial charge in [0, 0.05) is 21.8 Å². The van der Waals surface area contributed by atoms with E-state index < -0.39 is 0 Å². The molecule has 0 N–H and O–H groups in total. The van der Waals surface area contributed by atoms with Gasteiger partial charge in [0.1, 0.15) is 5.82 Å². The predicted molar refractivity (Wildman–Crippen MR) is 76.8 cm³/mol. The van der Waals surface area contributed by atoms with Crippen molar-refractivity contribution in [2.24, 2.45) is 0 Å². The Balaban J connectivity index is 2.47. The van der Waals surface area contributed by atoms with Gasteiger partial charge in [-0.3, -0.25) is 4.79 Å². The van der Waals surface area contributed by atoms with Gasteiger partial charge in [-0.15, -0.1) is 0 Å². The highest BCUT2D eigenvalue weighted by Crippen LogP contribution is 2.30. The number of Topliss-reactive ketones (excluding diaryl/α,β-unsaturated/α-hetero) is 1. The van der Waals surface area contributed by atoms with Crippen LogP contribution >= 0.6 is 11.8 Å². The van der Waals surface area contributed by atoms with Gasteiger partial charge >= 0.3 is 0 Å². The third-order valence-electron chi connectivity index (χ3n) is 2.80. The number of carbonyl (C=O) groups is 1. The summed E-state index contributed by atoms with van der Waals surface area (Å²) < 4.78 is 13.6. The average molecular weight is 290 g/mol. The van der Waals surface area contributed by atoms with Crippen molar-refractivity contribution in [2.75, 3.05) is 0 Å². The highest BCUT2D eigenvalue weighted by Gasteiger charge is 2.14. The highest BCUT2D eigenvalue weighted by atomic mass is 32.2. The summed E-state index contributed by atoms with van der Waals surface area (Å²) in [6.07, 6.45) is 0. The Labute approximate surface area is 121 Å². The Morgan fingerprint density at radius 3 is 2.25 bits per heavy atom. The van der Waals surface area contributed by atoms with Crippen molar-refractivity contribution in [3.63, 3.8) is 0 Å². The average Bonchev–Trinajstić information content (AvgIpc) is 2.31. The van der Waals surface area contributed by atoms with Crippen LogP contribution in [0, 0.1) is 26.6 Å². The van der Waals surface area contributed by atoms with Crippen molar-refractivity contribution < 1.29 is 9.18 Å². The second-order valence-corrected chi connectivity index (χ2v) is 5.70. The number of carbonyl (C=O) groups excluding carboxylic acids is 1. The van der Waals surface area contributed by atoms with E-state index in [2.05, 4.69) is 9.97 Å². The van der Waals surface area contributed by atoms with Crippen molar-refractivity contribution in [3.05, 3.63) is 46.5 Å². The molecule has 1 heterocycles. The molecule has 0 spiro atoms. The Bertz CT molecular complexity index is 666. The van der Waals surface area contributed by atoms with Crippen LogP contribution in [0.1, 0.15) is 34.2 Å². The van der Waals surface area contributed by atoms with Gasteiger partial charge in [0.15, 0.2) is 10.9 Å². The fourth-order valence-electron chi connectivity index (χ4n) is 1.85. The number of aromatic nitrogens is 2. The molecule has 2 rings (SSSR count). The summed E-state index contributed by atoms with van der Waals surface area (Å²) in [6.45, 7) is 6.88. The molecule has 0 amide bonds. The molecular weight excluding hydrogens is 275 g/mol. The third-order valence-corrected chi connectivity index (χ3v) is 3.73. The van der Waals surface area contributed by atoms with E-state index in [1.807, 2.05) is 19.9 Å². The number of aryl methyl sites for hydroxylation is 3. The molecule has 5 heteroatoms. The highest BCUT2D eigenvalue weighted by molar-refractivity contribution is 7.99. The summed E-state index contributed by atoms with van der Waals surface area (Å²) in [6, 6.07) is 4.83. The smallest absolute Gasteiger partial charge is 0.192 e. The molecule has 0 aliphatic heterocycles. The minimum atomic E-state index is -0.374. The van der Waals surface area contributed by atoms with Crippen LogP contribution in [-0.4, -0.2) is 15.8 Å². The molecule has 0 radical (unpaired) electrons. The van der Waals surface area contributed by atoms with Crippen LogP contribution in [0.2, 0.25) is 0 Å². The first-order chi connectivity index (χ1) is 9.36. The van der Waals surface area contributed by atoms with E-state index in [-0.39, 0.29) is 11.6 Å². The Kier molecular flexibility index (Phi) is 4.18. The van der Waals surface area contributed by atoms with Crippen LogP contribution in [0.5, 0.6) is 0 Å². The van der Waals surface area contributed by atoms with Crippen LogP contribution in [0.3, 0.4) is 0 Å². The van der Waals surface area contributed by atoms with Gasteiger partial charge in [-0.1, -0.05) is 0 Å². The van der Waals surface area contributed by atoms with Gasteiger partial charge in [0.25, 0.3) is 0 Å². The largest absolute Gasteiger partial charge is 0.294 e. The number of hydrogen-bond donors (Lipinski definition) is 0. The summed E-state index contributed by atoms with van der Waals surface area (Å²) in [7, 11) is 0. The van der Waals surface area contributed by atoms with Crippen LogP contribution in [0.25, 0.3) is 0 Å². The number of rotatable bonds is 3. The fraction of sp³-hybridized carbons (Fsp3) is 0.267.